The Morgan fingerprint density at radius 1 is 1.37 bits per heavy atom. The smallest absolute Gasteiger partial charge is 0.258 e. The second-order valence-corrected chi connectivity index (χ2v) is 8.89. The number of carbonyl (C=O) groups excluding carboxylic acids is 2. The lowest BCUT2D eigenvalue weighted by Gasteiger charge is -2.32. The van der Waals surface area contributed by atoms with E-state index in [-0.39, 0.29) is 19.0 Å². The Bertz CT molecular complexity index is 702. The van der Waals surface area contributed by atoms with Crippen molar-refractivity contribution in [1.82, 2.24) is 10.2 Å². The number of amides is 2. The second kappa shape index (κ2) is 8.69. The van der Waals surface area contributed by atoms with Crippen LogP contribution in [-0.4, -0.2) is 40.5 Å². The van der Waals surface area contributed by atoms with Gasteiger partial charge in [-0.05, 0) is 47.6 Å². The first-order valence-corrected chi connectivity index (χ1v) is 9.66. The van der Waals surface area contributed by atoms with Crippen LogP contribution in [0, 0.1) is 11.3 Å². The monoisotopic (exact) mass is 395 g/mol. The molecule has 0 radical (unpaired) electrons. The molecule has 4 N–H and O–H groups in total. The Morgan fingerprint density at radius 3 is 2.56 bits per heavy atom. The molecule has 1 aromatic carbocycles. The molecule has 0 aromatic heterocycles. The van der Waals surface area contributed by atoms with Crippen LogP contribution in [0.4, 0.5) is 0 Å². The fourth-order valence-electron chi connectivity index (χ4n) is 3.18. The Morgan fingerprint density at radius 2 is 2.04 bits per heavy atom. The number of nitrogens with two attached hydrogens (primary N) is 1. The molecule has 0 unspecified atom stereocenters. The summed E-state index contributed by atoms with van der Waals surface area (Å²) in [6.07, 6.45) is -0.631. The van der Waals surface area contributed by atoms with Crippen molar-refractivity contribution in [1.29, 1.82) is 0 Å². The minimum Gasteiger partial charge on any atom is -0.383 e. The lowest BCUT2D eigenvalue weighted by atomic mass is 9.88. The van der Waals surface area contributed by atoms with Crippen LogP contribution in [0.1, 0.15) is 45.2 Å². The summed E-state index contributed by atoms with van der Waals surface area (Å²) in [6.45, 7) is 8.37. The van der Waals surface area contributed by atoms with Crippen LogP contribution >= 0.6 is 11.6 Å². The van der Waals surface area contributed by atoms with Gasteiger partial charge in [0.2, 0.25) is 5.91 Å². The molecule has 1 aliphatic rings. The first kappa shape index (κ1) is 21.8. The van der Waals surface area contributed by atoms with Crippen LogP contribution in [0.5, 0.6) is 0 Å². The summed E-state index contributed by atoms with van der Waals surface area (Å²) >= 11 is 6.11. The van der Waals surface area contributed by atoms with E-state index in [4.69, 9.17) is 17.3 Å². The maximum Gasteiger partial charge on any atom is 0.258 e. The van der Waals surface area contributed by atoms with Gasteiger partial charge >= 0.3 is 0 Å². The van der Waals surface area contributed by atoms with Gasteiger partial charge in [0, 0.05) is 11.6 Å². The number of aliphatic hydroxyl groups excluding tert-OH is 1. The molecule has 2 rings (SSSR count). The molecular weight excluding hydrogens is 366 g/mol. The van der Waals surface area contributed by atoms with Crippen molar-refractivity contribution in [3.63, 3.8) is 0 Å². The highest BCUT2D eigenvalue weighted by atomic mass is 35.5. The Hall–Kier alpha value is -1.47. The molecular formula is C20H30ClN3O3. The van der Waals surface area contributed by atoms with Crippen molar-refractivity contribution in [3.05, 3.63) is 34.3 Å². The molecule has 0 aliphatic carbocycles. The van der Waals surface area contributed by atoms with Gasteiger partial charge in [0.1, 0.15) is 6.10 Å². The van der Waals surface area contributed by atoms with Crippen molar-refractivity contribution in [3.8, 4) is 0 Å². The summed E-state index contributed by atoms with van der Waals surface area (Å²) in [5.74, 6) is -0.568. The van der Waals surface area contributed by atoms with Crippen molar-refractivity contribution in [2.45, 2.75) is 59.4 Å². The molecule has 150 valence electrons. The number of nitrogens with zero attached hydrogens (tertiary/aromatic N) is 1. The van der Waals surface area contributed by atoms with Gasteiger partial charge in [0.25, 0.3) is 5.91 Å². The van der Waals surface area contributed by atoms with Gasteiger partial charge in [0.15, 0.2) is 0 Å². The fourth-order valence-corrected chi connectivity index (χ4v) is 3.38. The van der Waals surface area contributed by atoms with Gasteiger partial charge in [-0.25, -0.2) is 0 Å². The summed E-state index contributed by atoms with van der Waals surface area (Å²) < 4.78 is 0. The van der Waals surface area contributed by atoms with E-state index >= 15 is 0 Å². The number of aliphatic hydroxyl groups is 1. The lowest BCUT2D eigenvalue weighted by molar-refractivity contribution is -0.156. The number of rotatable bonds is 5. The van der Waals surface area contributed by atoms with E-state index in [9.17, 15) is 14.7 Å². The number of hydrogen-bond acceptors (Lipinski definition) is 5. The SMILES string of the molecule is C[C@H]1CN[C@H](C(=O)N(Cc2cc(Cl)ccc2CN)C(=O)[C@H](O)C(C)(C)C)C1. The van der Waals surface area contributed by atoms with E-state index < -0.39 is 23.5 Å². The van der Waals surface area contributed by atoms with E-state index in [1.807, 2.05) is 0 Å². The number of carbonyl (C=O) groups is 2. The zero-order valence-electron chi connectivity index (χ0n) is 16.5. The van der Waals surface area contributed by atoms with Gasteiger partial charge in [-0.2, -0.15) is 0 Å². The molecule has 6 nitrogen and oxygen atoms in total. The number of benzene rings is 1. The highest BCUT2D eigenvalue weighted by molar-refractivity contribution is 6.30. The van der Waals surface area contributed by atoms with Gasteiger partial charge in [-0.1, -0.05) is 45.4 Å². The summed E-state index contributed by atoms with van der Waals surface area (Å²) in [6, 6.07) is 4.80. The van der Waals surface area contributed by atoms with Crippen molar-refractivity contribution in [2.75, 3.05) is 6.54 Å². The first-order chi connectivity index (χ1) is 12.5. The van der Waals surface area contributed by atoms with E-state index in [1.165, 1.54) is 0 Å². The average Bonchev–Trinajstić information content (AvgIpc) is 3.03. The predicted molar refractivity (Wildman–Crippen MR) is 106 cm³/mol. The van der Waals surface area contributed by atoms with Gasteiger partial charge < -0.3 is 16.2 Å². The Balaban J connectivity index is 2.36. The molecule has 1 saturated heterocycles. The van der Waals surface area contributed by atoms with Crippen LogP contribution < -0.4 is 11.1 Å². The van der Waals surface area contributed by atoms with E-state index in [1.54, 1.807) is 39.0 Å². The largest absolute Gasteiger partial charge is 0.383 e. The fraction of sp³-hybridized carbons (Fsp3) is 0.600. The summed E-state index contributed by atoms with van der Waals surface area (Å²) in [4.78, 5) is 27.3. The van der Waals surface area contributed by atoms with E-state index in [0.717, 1.165) is 17.0 Å². The van der Waals surface area contributed by atoms with Gasteiger partial charge in [-0.3, -0.25) is 14.5 Å². The van der Waals surface area contributed by atoms with Crippen LogP contribution in [0.3, 0.4) is 0 Å². The lowest BCUT2D eigenvalue weighted by Crippen LogP contribution is -2.52. The average molecular weight is 396 g/mol. The molecule has 0 saturated carbocycles. The summed E-state index contributed by atoms with van der Waals surface area (Å²) in [5.41, 5.74) is 6.64. The third-order valence-corrected chi connectivity index (χ3v) is 5.19. The topological polar surface area (TPSA) is 95.7 Å². The highest BCUT2D eigenvalue weighted by Crippen LogP contribution is 2.25. The molecule has 1 heterocycles. The third-order valence-electron chi connectivity index (χ3n) is 4.95. The molecule has 1 aromatic rings. The number of nitrogens with one attached hydrogen (secondary N) is 1. The number of halogens is 1. The molecule has 1 fully saturated rings. The standard InChI is InChI=1S/C20H30ClN3O3/c1-12-7-16(23-10-12)18(26)24(19(27)17(25)20(2,3)4)11-14-8-15(21)6-5-13(14)9-22/h5-6,8,12,16-17,23,25H,7,9-11,22H2,1-4H3/t12-,16+,17+/m1/s1. The minimum atomic E-state index is -1.29. The zero-order valence-corrected chi connectivity index (χ0v) is 17.2. The molecule has 3 atom stereocenters. The van der Waals surface area contributed by atoms with E-state index in [2.05, 4.69) is 12.2 Å². The summed E-state index contributed by atoms with van der Waals surface area (Å²) in [7, 11) is 0. The molecule has 0 bridgehead atoms. The van der Waals surface area contributed by atoms with Crippen LogP contribution in [-0.2, 0) is 22.7 Å². The minimum absolute atomic E-state index is 0.0322. The van der Waals surface area contributed by atoms with Crippen LogP contribution in [0.15, 0.2) is 18.2 Å². The van der Waals surface area contributed by atoms with Crippen LogP contribution in [0.25, 0.3) is 0 Å². The third kappa shape index (κ3) is 5.29. The molecule has 0 spiro atoms. The van der Waals surface area contributed by atoms with Gasteiger partial charge in [0.05, 0.1) is 12.6 Å². The van der Waals surface area contributed by atoms with Crippen molar-refractivity contribution in [2.24, 2.45) is 17.1 Å². The quantitative estimate of drug-likeness (QED) is 0.709. The Labute approximate surface area is 166 Å². The molecule has 2 amide bonds. The van der Waals surface area contributed by atoms with E-state index in [0.29, 0.717) is 22.9 Å². The van der Waals surface area contributed by atoms with Gasteiger partial charge in [-0.15, -0.1) is 0 Å². The van der Waals surface area contributed by atoms with Crippen molar-refractivity contribution < 1.29 is 14.7 Å². The predicted octanol–water partition coefficient (Wildman–Crippen LogP) is 2.06. The summed E-state index contributed by atoms with van der Waals surface area (Å²) in [5, 5.41) is 14.2. The first-order valence-electron chi connectivity index (χ1n) is 9.28. The number of hydrogen-bond donors (Lipinski definition) is 3. The normalized spacial score (nSPS) is 21.1. The second-order valence-electron chi connectivity index (χ2n) is 8.45. The Kier molecular flexibility index (Phi) is 7.03. The van der Waals surface area contributed by atoms with Crippen LogP contribution in [0.2, 0.25) is 5.02 Å². The zero-order chi connectivity index (χ0) is 20.4. The maximum absolute atomic E-state index is 13.1. The molecule has 7 heteroatoms. The molecule has 27 heavy (non-hydrogen) atoms. The number of imide groups is 1. The highest BCUT2D eigenvalue weighted by Gasteiger charge is 2.39. The molecule has 1 aliphatic heterocycles. The van der Waals surface area contributed by atoms with Crippen molar-refractivity contribution >= 4 is 23.4 Å². The maximum atomic E-state index is 13.1.